The van der Waals surface area contributed by atoms with Gasteiger partial charge in [0, 0.05) is 27.1 Å². The van der Waals surface area contributed by atoms with Gasteiger partial charge in [-0.15, -0.1) is 0 Å². The number of amides is 3. The molecule has 0 radical (unpaired) electrons. The van der Waals surface area contributed by atoms with Crippen LogP contribution in [0.1, 0.15) is 5.69 Å². The van der Waals surface area contributed by atoms with Crippen LogP contribution in [0.3, 0.4) is 0 Å². The van der Waals surface area contributed by atoms with E-state index in [0.29, 0.717) is 10.7 Å². The molecule has 0 saturated carbocycles. The minimum Gasteiger partial charge on any atom is -0.317 e. The highest BCUT2D eigenvalue weighted by Gasteiger charge is 2.35. The molecule has 2 aromatic carbocycles. The van der Waals surface area contributed by atoms with Gasteiger partial charge in [-0.2, -0.15) is 0 Å². The lowest BCUT2D eigenvalue weighted by Gasteiger charge is -2.11. The molecule has 3 aromatic rings. The number of aromatic nitrogens is 1. The summed E-state index contributed by atoms with van der Waals surface area (Å²) in [7, 11) is 0. The standard InChI is InChI=1S/C20H13BrClN3O2/c21-13-3-7-15(8-4-13)24-11-1-2-17(24)12-18-19(26)25(20(27)23-18)16-9-5-14(22)6-10-16/h1-12H,(H,23,27)/b18-12+. The number of hydrogen-bond acceptors (Lipinski definition) is 2. The lowest BCUT2D eigenvalue weighted by Crippen LogP contribution is -2.30. The zero-order valence-corrected chi connectivity index (χ0v) is 16.2. The molecule has 27 heavy (non-hydrogen) atoms. The summed E-state index contributed by atoms with van der Waals surface area (Å²) in [6.07, 6.45) is 3.56. The van der Waals surface area contributed by atoms with E-state index >= 15 is 0 Å². The summed E-state index contributed by atoms with van der Waals surface area (Å²) < 4.78 is 2.92. The molecule has 1 N–H and O–H groups in total. The Morgan fingerprint density at radius 2 is 1.59 bits per heavy atom. The molecule has 1 fully saturated rings. The molecular weight excluding hydrogens is 430 g/mol. The number of benzene rings is 2. The summed E-state index contributed by atoms with van der Waals surface area (Å²) in [5.41, 5.74) is 2.40. The SMILES string of the molecule is O=C1N/C(=C/c2cccn2-c2ccc(Br)cc2)C(=O)N1c1ccc(Cl)cc1. The predicted octanol–water partition coefficient (Wildman–Crippen LogP) is 4.99. The quantitative estimate of drug-likeness (QED) is 0.459. The topological polar surface area (TPSA) is 54.3 Å². The van der Waals surface area contributed by atoms with Crippen molar-refractivity contribution < 1.29 is 9.59 Å². The van der Waals surface area contributed by atoms with Crippen LogP contribution in [0.5, 0.6) is 0 Å². The van der Waals surface area contributed by atoms with Gasteiger partial charge in [-0.25, -0.2) is 9.69 Å². The largest absolute Gasteiger partial charge is 0.333 e. The highest BCUT2D eigenvalue weighted by Crippen LogP contribution is 2.25. The summed E-state index contributed by atoms with van der Waals surface area (Å²) in [6, 6.07) is 17.6. The number of nitrogens with zero attached hydrogens (tertiary/aromatic N) is 2. The van der Waals surface area contributed by atoms with Crippen LogP contribution in [0.25, 0.3) is 11.8 Å². The fraction of sp³-hybridized carbons (Fsp3) is 0. The van der Waals surface area contributed by atoms with E-state index in [-0.39, 0.29) is 5.70 Å². The second-order valence-electron chi connectivity index (χ2n) is 5.88. The molecule has 1 aliphatic heterocycles. The van der Waals surface area contributed by atoms with Crippen LogP contribution in [-0.4, -0.2) is 16.5 Å². The van der Waals surface area contributed by atoms with Gasteiger partial charge in [-0.1, -0.05) is 27.5 Å². The Bertz CT molecular complexity index is 1060. The van der Waals surface area contributed by atoms with Crippen molar-refractivity contribution >= 4 is 51.2 Å². The zero-order chi connectivity index (χ0) is 19.0. The molecule has 0 unspecified atom stereocenters. The van der Waals surface area contributed by atoms with E-state index in [1.165, 1.54) is 0 Å². The monoisotopic (exact) mass is 441 g/mol. The summed E-state index contributed by atoms with van der Waals surface area (Å²) in [4.78, 5) is 26.1. The first kappa shape index (κ1) is 17.6. The maximum atomic E-state index is 12.7. The van der Waals surface area contributed by atoms with Crippen molar-refractivity contribution in [2.24, 2.45) is 0 Å². The molecular formula is C20H13BrClN3O2. The molecule has 3 amide bonds. The van der Waals surface area contributed by atoms with Crippen LogP contribution in [0.15, 0.2) is 77.0 Å². The van der Waals surface area contributed by atoms with E-state index in [1.807, 2.05) is 47.2 Å². The van der Waals surface area contributed by atoms with Crippen molar-refractivity contribution in [2.45, 2.75) is 0 Å². The lowest BCUT2D eigenvalue weighted by molar-refractivity contribution is -0.113. The molecule has 5 nitrogen and oxygen atoms in total. The van der Waals surface area contributed by atoms with Gasteiger partial charge in [0.1, 0.15) is 5.70 Å². The Balaban J connectivity index is 1.67. The third kappa shape index (κ3) is 3.41. The molecule has 2 heterocycles. The lowest BCUT2D eigenvalue weighted by atomic mass is 10.2. The summed E-state index contributed by atoms with van der Waals surface area (Å²) in [6.45, 7) is 0. The summed E-state index contributed by atoms with van der Waals surface area (Å²) in [5, 5.41) is 3.17. The van der Waals surface area contributed by atoms with Crippen LogP contribution in [0.4, 0.5) is 10.5 Å². The van der Waals surface area contributed by atoms with Crippen LogP contribution >= 0.6 is 27.5 Å². The molecule has 0 aliphatic carbocycles. The van der Waals surface area contributed by atoms with Crippen LogP contribution in [0, 0.1) is 0 Å². The van der Waals surface area contributed by atoms with Crippen LogP contribution < -0.4 is 10.2 Å². The van der Waals surface area contributed by atoms with Crippen LogP contribution in [-0.2, 0) is 4.79 Å². The fourth-order valence-corrected chi connectivity index (χ4v) is 3.25. The molecule has 0 atom stereocenters. The molecule has 4 rings (SSSR count). The first-order valence-corrected chi connectivity index (χ1v) is 9.26. The number of urea groups is 1. The second-order valence-corrected chi connectivity index (χ2v) is 7.24. The molecule has 1 aliphatic rings. The number of anilines is 1. The molecule has 1 aromatic heterocycles. The molecule has 1 saturated heterocycles. The van der Waals surface area contributed by atoms with Gasteiger partial charge in [0.25, 0.3) is 5.91 Å². The Labute approximate surface area is 169 Å². The maximum Gasteiger partial charge on any atom is 0.333 e. The molecule has 0 spiro atoms. The van der Waals surface area contributed by atoms with Gasteiger partial charge in [-0.05, 0) is 66.7 Å². The highest BCUT2D eigenvalue weighted by atomic mass is 79.9. The fourth-order valence-electron chi connectivity index (χ4n) is 2.86. The highest BCUT2D eigenvalue weighted by molar-refractivity contribution is 9.10. The predicted molar refractivity (Wildman–Crippen MR) is 109 cm³/mol. The number of carbonyl (C=O) groups excluding carboxylic acids is 2. The zero-order valence-electron chi connectivity index (χ0n) is 13.9. The van der Waals surface area contributed by atoms with E-state index < -0.39 is 11.9 Å². The van der Waals surface area contributed by atoms with Gasteiger partial charge in [0.05, 0.1) is 5.69 Å². The van der Waals surface area contributed by atoms with E-state index in [2.05, 4.69) is 21.2 Å². The smallest absolute Gasteiger partial charge is 0.317 e. The van der Waals surface area contributed by atoms with Gasteiger partial charge in [0.15, 0.2) is 0 Å². The van der Waals surface area contributed by atoms with Gasteiger partial charge >= 0.3 is 6.03 Å². The average Bonchev–Trinajstić information content (AvgIpc) is 3.22. The van der Waals surface area contributed by atoms with Crippen molar-refractivity contribution in [3.05, 3.63) is 87.7 Å². The van der Waals surface area contributed by atoms with Crippen LogP contribution in [0.2, 0.25) is 5.02 Å². The maximum absolute atomic E-state index is 12.7. The molecule has 134 valence electrons. The number of hydrogen-bond donors (Lipinski definition) is 1. The van der Waals surface area contributed by atoms with Crippen molar-refractivity contribution in [1.29, 1.82) is 0 Å². The van der Waals surface area contributed by atoms with E-state index in [1.54, 1.807) is 30.3 Å². The van der Waals surface area contributed by atoms with Gasteiger partial charge < -0.3 is 9.88 Å². The van der Waals surface area contributed by atoms with Crippen molar-refractivity contribution in [1.82, 2.24) is 9.88 Å². The van der Waals surface area contributed by atoms with Crippen molar-refractivity contribution in [3.63, 3.8) is 0 Å². The van der Waals surface area contributed by atoms with E-state index in [4.69, 9.17) is 11.6 Å². The second kappa shape index (κ2) is 7.06. The van der Waals surface area contributed by atoms with Crippen molar-refractivity contribution in [3.8, 4) is 5.69 Å². The minimum atomic E-state index is -0.490. The minimum absolute atomic E-state index is 0.215. The summed E-state index contributed by atoms with van der Waals surface area (Å²) in [5.74, 6) is -0.411. The first-order valence-electron chi connectivity index (χ1n) is 8.09. The van der Waals surface area contributed by atoms with E-state index in [9.17, 15) is 9.59 Å². The Morgan fingerprint density at radius 1 is 0.926 bits per heavy atom. The Morgan fingerprint density at radius 3 is 2.30 bits per heavy atom. The normalized spacial score (nSPS) is 15.5. The first-order chi connectivity index (χ1) is 13.0. The van der Waals surface area contributed by atoms with Gasteiger partial charge in [-0.3, -0.25) is 4.79 Å². The number of nitrogens with one attached hydrogen (secondary N) is 1. The average molecular weight is 443 g/mol. The third-order valence-corrected chi connectivity index (χ3v) is 4.92. The Kier molecular flexibility index (Phi) is 4.59. The molecule has 0 bridgehead atoms. The van der Waals surface area contributed by atoms with Crippen molar-refractivity contribution in [2.75, 3.05) is 4.90 Å². The third-order valence-electron chi connectivity index (χ3n) is 4.14. The van der Waals surface area contributed by atoms with Gasteiger partial charge in [0.2, 0.25) is 0 Å². The number of carbonyl (C=O) groups is 2. The number of imide groups is 1. The summed E-state index contributed by atoms with van der Waals surface area (Å²) >= 11 is 9.30. The number of rotatable bonds is 3. The van der Waals surface area contributed by atoms with E-state index in [0.717, 1.165) is 20.8 Å². The number of halogens is 2. The molecule has 7 heteroatoms. The Hall–Kier alpha value is -2.83.